The van der Waals surface area contributed by atoms with Gasteiger partial charge in [-0.2, -0.15) is 0 Å². The molecule has 106 valence electrons. The number of unbranched alkanes of at least 4 members (excludes halogenated alkanes) is 3. The van der Waals surface area contributed by atoms with Crippen LogP contribution in [0, 0.1) is 5.92 Å². The van der Waals surface area contributed by atoms with Crippen molar-refractivity contribution in [3.63, 3.8) is 0 Å². The van der Waals surface area contributed by atoms with Gasteiger partial charge in [-0.05, 0) is 18.9 Å². The first-order valence-corrected chi connectivity index (χ1v) is 7.50. The molecule has 2 nitrogen and oxygen atoms in total. The second-order valence-corrected chi connectivity index (χ2v) is 5.39. The fraction of sp³-hybridized carbons (Fsp3) is 0.588. The number of benzene rings is 1. The van der Waals surface area contributed by atoms with Crippen molar-refractivity contribution < 1.29 is 4.79 Å². The minimum Gasteiger partial charge on any atom is -0.349 e. The lowest BCUT2D eigenvalue weighted by Gasteiger charge is -2.18. The topological polar surface area (TPSA) is 29.1 Å². The lowest BCUT2D eigenvalue weighted by Crippen LogP contribution is -2.31. The molecule has 2 atom stereocenters. The van der Waals surface area contributed by atoms with Crippen LogP contribution in [0.2, 0.25) is 0 Å². The van der Waals surface area contributed by atoms with E-state index in [1.165, 1.54) is 19.3 Å². The summed E-state index contributed by atoms with van der Waals surface area (Å²) >= 11 is 0. The molecule has 1 aromatic rings. The zero-order valence-corrected chi connectivity index (χ0v) is 12.5. The molecule has 1 aromatic carbocycles. The highest BCUT2D eigenvalue weighted by molar-refractivity contribution is 5.78. The standard InChI is InChI=1S/C17H27NO/c1-4-5-6-8-11-14(2)17(19)18-15(3)16-12-9-7-10-13-16/h7,9-10,12-15H,4-6,8,11H2,1-3H3,(H,18,19)/t14-,15-/m1/s1. The van der Waals surface area contributed by atoms with Crippen LogP contribution in [0.1, 0.15) is 64.5 Å². The van der Waals surface area contributed by atoms with Gasteiger partial charge in [0.1, 0.15) is 0 Å². The van der Waals surface area contributed by atoms with E-state index in [4.69, 9.17) is 0 Å². The summed E-state index contributed by atoms with van der Waals surface area (Å²) in [6.07, 6.45) is 5.90. The van der Waals surface area contributed by atoms with E-state index in [0.717, 1.165) is 18.4 Å². The van der Waals surface area contributed by atoms with Crippen molar-refractivity contribution in [2.24, 2.45) is 5.92 Å². The quantitative estimate of drug-likeness (QED) is 0.687. The van der Waals surface area contributed by atoms with Crippen LogP contribution in [0.4, 0.5) is 0 Å². The molecule has 0 radical (unpaired) electrons. The number of hydrogen-bond donors (Lipinski definition) is 1. The van der Waals surface area contributed by atoms with Gasteiger partial charge in [0, 0.05) is 5.92 Å². The van der Waals surface area contributed by atoms with Gasteiger partial charge in [-0.1, -0.05) is 69.9 Å². The molecular weight excluding hydrogens is 234 g/mol. The van der Waals surface area contributed by atoms with Crippen LogP contribution < -0.4 is 5.32 Å². The highest BCUT2D eigenvalue weighted by Crippen LogP contribution is 2.15. The highest BCUT2D eigenvalue weighted by Gasteiger charge is 2.15. The van der Waals surface area contributed by atoms with Gasteiger partial charge in [0.15, 0.2) is 0 Å². The summed E-state index contributed by atoms with van der Waals surface area (Å²) in [5, 5.41) is 3.10. The Bertz CT molecular complexity index is 361. The first-order chi connectivity index (χ1) is 9.15. The molecule has 0 aromatic heterocycles. The zero-order valence-electron chi connectivity index (χ0n) is 12.5. The van der Waals surface area contributed by atoms with E-state index < -0.39 is 0 Å². The number of amides is 1. The largest absolute Gasteiger partial charge is 0.349 e. The first-order valence-electron chi connectivity index (χ1n) is 7.50. The number of nitrogens with one attached hydrogen (secondary N) is 1. The number of hydrogen-bond acceptors (Lipinski definition) is 1. The van der Waals surface area contributed by atoms with Crippen molar-refractivity contribution in [1.82, 2.24) is 5.32 Å². The van der Waals surface area contributed by atoms with Crippen LogP contribution >= 0.6 is 0 Å². The second-order valence-electron chi connectivity index (χ2n) is 5.39. The molecule has 0 bridgehead atoms. The number of carbonyl (C=O) groups excluding carboxylic acids is 1. The summed E-state index contributed by atoms with van der Waals surface area (Å²) in [6, 6.07) is 10.2. The molecule has 0 spiro atoms. The van der Waals surface area contributed by atoms with Crippen LogP contribution in [0.5, 0.6) is 0 Å². The van der Waals surface area contributed by atoms with Crippen molar-refractivity contribution >= 4 is 5.91 Å². The monoisotopic (exact) mass is 261 g/mol. The zero-order chi connectivity index (χ0) is 14.1. The molecule has 19 heavy (non-hydrogen) atoms. The van der Waals surface area contributed by atoms with Gasteiger partial charge in [0.05, 0.1) is 6.04 Å². The number of carbonyl (C=O) groups is 1. The van der Waals surface area contributed by atoms with Crippen LogP contribution in [0.3, 0.4) is 0 Å². The highest BCUT2D eigenvalue weighted by atomic mass is 16.1. The summed E-state index contributed by atoms with van der Waals surface area (Å²) < 4.78 is 0. The summed E-state index contributed by atoms with van der Waals surface area (Å²) in [5.41, 5.74) is 1.16. The van der Waals surface area contributed by atoms with Crippen molar-refractivity contribution in [1.29, 1.82) is 0 Å². The third-order valence-corrected chi connectivity index (χ3v) is 3.60. The van der Waals surface area contributed by atoms with Crippen LogP contribution in [0.15, 0.2) is 30.3 Å². The van der Waals surface area contributed by atoms with Gasteiger partial charge in [-0.25, -0.2) is 0 Å². The van der Waals surface area contributed by atoms with E-state index in [9.17, 15) is 4.79 Å². The average Bonchev–Trinajstić information content (AvgIpc) is 2.44. The first kappa shape index (κ1) is 15.7. The summed E-state index contributed by atoms with van der Waals surface area (Å²) in [5.74, 6) is 0.288. The Hall–Kier alpha value is -1.31. The summed E-state index contributed by atoms with van der Waals surface area (Å²) in [4.78, 5) is 12.1. The Kier molecular flexibility index (Phi) is 7.24. The van der Waals surface area contributed by atoms with Crippen molar-refractivity contribution in [3.05, 3.63) is 35.9 Å². The van der Waals surface area contributed by atoms with Crippen molar-refractivity contribution in [2.45, 2.75) is 58.9 Å². The van der Waals surface area contributed by atoms with Gasteiger partial charge in [-0.15, -0.1) is 0 Å². The maximum Gasteiger partial charge on any atom is 0.223 e. The van der Waals surface area contributed by atoms with Crippen molar-refractivity contribution in [3.8, 4) is 0 Å². The molecule has 0 aliphatic rings. The molecule has 1 N–H and O–H groups in total. The van der Waals surface area contributed by atoms with E-state index >= 15 is 0 Å². The smallest absolute Gasteiger partial charge is 0.223 e. The normalized spacial score (nSPS) is 13.8. The Labute approximate surface area is 117 Å². The van der Waals surface area contributed by atoms with E-state index in [2.05, 4.69) is 24.4 Å². The molecule has 0 aliphatic heterocycles. The van der Waals surface area contributed by atoms with Gasteiger partial charge < -0.3 is 5.32 Å². The van der Waals surface area contributed by atoms with E-state index in [1.54, 1.807) is 0 Å². The Morgan fingerprint density at radius 1 is 1.11 bits per heavy atom. The average molecular weight is 261 g/mol. The van der Waals surface area contributed by atoms with E-state index in [0.29, 0.717) is 0 Å². The predicted octanol–water partition coefficient (Wildman–Crippen LogP) is 4.47. The Morgan fingerprint density at radius 3 is 2.42 bits per heavy atom. The minimum atomic E-state index is 0.0896. The lowest BCUT2D eigenvalue weighted by atomic mass is 10.0. The minimum absolute atomic E-state index is 0.0896. The third-order valence-electron chi connectivity index (χ3n) is 3.60. The summed E-state index contributed by atoms with van der Waals surface area (Å²) in [6.45, 7) is 6.27. The maximum atomic E-state index is 12.1. The van der Waals surface area contributed by atoms with E-state index in [1.807, 2.05) is 32.0 Å². The van der Waals surface area contributed by atoms with Gasteiger partial charge in [0.25, 0.3) is 0 Å². The van der Waals surface area contributed by atoms with Crippen molar-refractivity contribution in [2.75, 3.05) is 0 Å². The van der Waals surface area contributed by atoms with Crippen LogP contribution in [-0.4, -0.2) is 5.91 Å². The van der Waals surface area contributed by atoms with Gasteiger partial charge >= 0.3 is 0 Å². The molecule has 1 amide bonds. The fourth-order valence-electron chi connectivity index (χ4n) is 2.19. The molecule has 1 rings (SSSR count). The third kappa shape index (κ3) is 5.91. The predicted molar refractivity (Wildman–Crippen MR) is 80.9 cm³/mol. The fourth-order valence-corrected chi connectivity index (χ4v) is 2.19. The molecule has 0 aliphatic carbocycles. The molecule has 0 fully saturated rings. The molecule has 2 heteroatoms. The Balaban J connectivity index is 2.33. The SMILES string of the molecule is CCCCCC[C@@H](C)C(=O)N[C@H](C)c1ccccc1. The van der Waals surface area contributed by atoms with Crippen LogP contribution in [-0.2, 0) is 4.79 Å². The van der Waals surface area contributed by atoms with Crippen LogP contribution in [0.25, 0.3) is 0 Å². The van der Waals surface area contributed by atoms with E-state index in [-0.39, 0.29) is 17.9 Å². The molecule has 0 saturated carbocycles. The maximum absolute atomic E-state index is 12.1. The lowest BCUT2D eigenvalue weighted by molar-refractivity contribution is -0.125. The molecule has 0 saturated heterocycles. The van der Waals surface area contributed by atoms with Gasteiger partial charge in [0.2, 0.25) is 5.91 Å². The molecular formula is C17H27NO. The second kappa shape index (κ2) is 8.73. The summed E-state index contributed by atoms with van der Waals surface area (Å²) in [7, 11) is 0. The molecule has 0 heterocycles. The molecule has 0 unspecified atom stereocenters. The van der Waals surface area contributed by atoms with Gasteiger partial charge in [-0.3, -0.25) is 4.79 Å². The number of rotatable bonds is 8. The Morgan fingerprint density at radius 2 is 1.79 bits per heavy atom.